The molecule has 0 bridgehead atoms. The number of rotatable bonds is 6. The highest BCUT2D eigenvalue weighted by Crippen LogP contribution is 2.48. The number of nitrogens with zero attached hydrogens (tertiary/aromatic N) is 2. The van der Waals surface area contributed by atoms with E-state index >= 15 is 0 Å². The standard InChI is InChI=1S/C53H34N2/c54-34-35-18-20-39(21-19-35)45-17-9-14-43-30-49-47-16-8-7-15-46(47)48(33-50(49)53(43)45)40-26-22-37(23-27-40)38-24-28-42(29-25-38)52-32-44(36-10-3-1-4-11-36)31-51(55-52)41-12-5-2-6-13-41/h1-29,31-33H,30H2. The summed E-state index contributed by atoms with van der Waals surface area (Å²) in [6, 6.07) is 71.2. The zero-order valence-electron chi connectivity index (χ0n) is 30.1. The lowest BCUT2D eigenvalue weighted by atomic mass is 9.88. The normalized spacial score (nSPS) is 11.5. The minimum absolute atomic E-state index is 0.674. The number of benzene rings is 8. The van der Waals surface area contributed by atoms with Gasteiger partial charge < -0.3 is 0 Å². The predicted octanol–water partition coefficient (Wildman–Crippen LogP) is 13.7. The first-order chi connectivity index (χ1) is 27.2. The van der Waals surface area contributed by atoms with Gasteiger partial charge >= 0.3 is 0 Å². The highest BCUT2D eigenvalue weighted by atomic mass is 14.7. The predicted molar refractivity (Wildman–Crippen MR) is 227 cm³/mol. The largest absolute Gasteiger partial charge is 0.248 e. The molecule has 0 amide bonds. The van der Waals surface area contributed by atoms with E-state index in [1.54, 1.807) is 0 Å². The number of hydrogen-bond acceptors (Lipinski definition) is 2. The molecule has 1 heterocycles. The molecule has 0 fully saturated rings. The van der Waals surface area contributed by atoms with Gasteiger partial charge in [-0.1, -0.05) is 164 Å². The van der Waals surface area contributed by atoms with Crippen LogP contribution in [0.4, 0.5) is 0 Å². The Labute approximate surface area is 321 Å². The molecule has 0 atom stereocenters. The molecule has 0 unspecified atom stereocenters. The van der Waals surface area contributed by atoms with Crippen molar-refractivity contribution in [1.82, 2.24) is 4.98 Å². The Hall–Kier alpha value is -7.34. The first-order valence-corrected chi connectivity index (χ1v) is 18.7. The smallest absolute Gasteiger partial charge is 0.0991 e. The van der Waals surface area contributed by atoms with Crippen molar-refractivity contribution in [2.75, 3.05) is 0 Å². The quantitative estimate of drug-likeness (QED) is 0.173. The van der Waals surface area contributed by atoms with E-state index in [1.807, 2.05) is 18.2 Å². The van der Waals surface area contributed by atoms with E-state index < -0.39 is 0 Å². The van der Waals surface area contributed by atoms with Gasteiger partial charge in [-0.15, -0.1) is 0 Å². The highest BCUT2D eigenvalue weighted by molar-refractivity contribution is 6.06. The zero-order valence-corrected chi connectivity index (χ0v) is 30.1. The summed E-state index contributed by atoms with van der Waals surface area (Å²) in [6.07, 6.45) is 0.907. The molecule has 0 spiro atoms. The summed E-state index contributed by atoms with van der Waals surface area (Å²) in [5, 5.41) is 12.0. The maximum Gasteiger partial charge on any atom is 0.0991 e. The summed E-state index contributed by atoms with van der Waals surface area (Å²) in [5.74, 6) is 0. The molecule has 1 aliphatic carbocycles. The zero-order chi connectivity index (χ0) is 36.7. The van der Waals surface area contributed by atoms with Crippen molar-refractivity contribution in [3.8, 4) is 84.2 Å². The molecule has 0 N–H and O–H groups in total. The van der Waals surface area contributed by atoms with Crippen LogP contribution in [0.5, 0.6) is 0 Å². The summed E-state index contributed by atoms with van der Waals surface area (Å²) in [6.45, 7) is 0. The second kappa shape index (κ2) is 13.6. The minimum atomic E-state index is 0.674. The number of aromatic nitrogens is 1. The number of nitriles is 1. The Morgan fingerprint density at radius 2 is 0.891 bits per heavy atom. The van der Waals surface area contributed by atoms with Gasteiger partial charge in [0.1, 0.15) is 0 Å². The lowest BCUT2D eigenvalue weighted by Gasteiger charge is -2.15. The Bertz CT molecular complexity index is 2840. The average molecular weight is 699 g/mol. The van der Waals surface area contributed by atoms with Crippen molar-refractivity contribution in [2.24, 2.45) is 0 Å². The van der Waals surface area contributed by atoms with E-state index in [-0.39, 0.29) is 0 Å². The van der Waals surface area contributed by atoms with Crippen LogP contribution in [0.1, 0.15) is 16.7 Å². The van der Waals surface area contributed by atoms with Gasteiger partial charge in [-0.2, -0.15) is 5.26 Å². The van der Waals surface area contributed by atoms with Crippen molar-refractivity contribution in [1.29, 1.82) is 5.26 Å². The Morgan fingerprint density at radius 3 is 1.55 bits per heavy atom. The van der Waals surface area contributed by atoms with E-state index in [0.717, 1.165) is 45.6 Å². The fourth-order valence-corrected chi connectivity index (χ4v) is 8.22. The average Bonchev–Trinajstić information content (AvgIpc) is 3.66. The Balaban J connectivity index is 1.00. The number of fused-ring (bicyclic) bond motifs is 5. The van der Waals surface area contributed by atoms with Crippen LogP contribution in [0, 0.1) is 11.3 Å². The van der Waals surface area contributed by atoms with E-state index in [1.165, 1.54) is 60.8 Å². The molecule has 0 saturated carbocycles. The second-order valence-corrected chi connectivity index (χ2v) is 14.2. The van der Waals surface area contributed by atoms with Crippen molar-refractivity contribution in [3.63, 3.8) is 0 Å². The van der Waals surface area contributed by atoms with Crippen LogP contribution in [-0.4, -0.2) is 4.98 Å². The van der Waals surface area contributed by atoms with Gasteiger partial charge in [0.05, 0.1) is 23.0 Å². The van der Waals surface area contributed by atoms with Gasteiger partial charge in [-0.25, -0.2) is 4.98 Å². The fraction of sp³-hybridized carbons (Fsp3) is 0.0189. The molecule has 55 heavy (non-hydrogen) atoms. The molecule has 10 rings (SSSR count). The highest BCUT2D eigenvalue weighted by Gasteiger charge is 2.25. The SMILES string of the molecule is N#Cc1ccc(-c2cccc3c2-c2cc(-c4ccc(-c5ccc(-c6cc(-c7ccccc7)cc(-c7ccccc7)n6)cc5)cc4)c4ccccc4c2C3)cc1. The van der Waals surface area contributed by atoms with E-state index in [4.69, 9.17) is 4.98 Å². The van der Waals surface area contributed by atoms with Crippen LogP contribution in [0.15, 0.2) is 194 Å². The summed E-state index contributed by atoms with van der Waals surface area (Å²) < 4.78 is 0. The van der Waals surface area contributed by atoms with E-state index in [9.17, 15) is 5.26 Å². The monoisotopic (exact) mass is 698 g/mol. The van der Waals surface area contributed by atoms with E-state index in [2.05, 4.69) is 182 Å². The van der Waals surface area contributed by atoms with Crippen molar-refractivity contribution >= 4 is 10.8 Å². The first kappa shape index (κ1) is 32.3. The Kier molecular flexibility index (Phi) is 7.98. The molecular weight excluding hydrogens is 665 g/mol. The lowest BCUT2D eigenvalue weighted by molar-refractivity contribution is 1.28. The summed E-state index contributed by atoms with van der Waals surface area (Å²) in [5.41, 5.74) is 19.5. The van der Waals surface area contributed by atoms with Gasteiger partial charge in [-0.3, -0.25) is 0 Å². The van der Waals surface area contributed by atoms with Gasteiger partial charge in [-0.05, 0) is 114 Å². The third kappa shape index (κ3) is 5.89. The first-order valence-electron chi connectivity index (χ1n) is 18.7. The van der Waals surface area contributed by atoms with Crippen LogP contribution >= 0.6 is 0 Å². The molecule has 1 aromatic heterocycles. The van der Waals surface area contributed by atoms with Crippen LogP contribution in [-0.2, 0) is 6.42 Å². The third-order valence-corrected chi connectivity index (χ3v) is 11.0. The number of hydrogen-bond donors (Lipinski definition) is 0. The molecule has 2 heteroatoms. The van der Waals surface area contributed by atoms with Gasteiger partial charge in [0.2, 0.25) is 0 Å². The van der Waals surface area contributed by atoms with Crippen LogP contribution in [0.2, 0.25) is 0 Å². The fourth-order valence-electron chi connectivity index (χ4n) is 8.22. The molecule has 1 aliphatic rings. The number of pyridine rings is 1. The van der Waals surface area contributed by atoms with Gasteiger partial charge in [0, 0.05) is 11.1 Å². The van der Waals surface area contributed by atoms with Crippen LogP contribution in [0.3, 0.4) is 0 Å². The molecule has 256 valence electrons. The summed E-state index contributed by atoms with van der Waals surface area (Å²) in [4.78, 5) is 5.13. The topological polar surface area (TPSA) is 36.7 Å². The Morgan fingerprint density at radius 1 is 0.382 bits per heavy atom. The molecule has 0 radical (unpaired) electrons. The molecule has 2 nitrogen and oxygen atoms in total. The van der Waals surface area contributed by atoms with Crippen molar-refractivity contribution < 1.29 is 0 Å². The third-order valence-electron chi connectivity index (χ3n) is 11.0. The molecule has 0 aliphatic heterocycles. The minimum Gasteiger partial charge on any atom is -0.248 e. The van der Waals surface area contributed by atoms with Crippen LogP contribution < -0.4 is 0 Å². The van der Waals surface area contributed by atoms with E-state index in [0.29, 0.717) is 5.56 Å². The second-order valence-electron chi connectivity index (χ2n) is 14.2. The van der Waals surface area contributed by atoms with Crippen molar-refractivity contribution in [3.05, 3.63) is 211 Å². The van der Waals surface area contributed by atoms with Gasteiger partial charge in [0.15, 0.2) is 0 Å². The molecule has 0 saturated heterocycles. The maximum atomic E-state index is 9.39. The summed E-state index contributed by atoms with van der Waals surface area (Å²) in [7, 11) is 0. The molecule has 8 aromatic carbocycles. The van der Waals surface area contributed by atoms with Crippen molar-refractivity contribution in [2.45, 2.75) is 6.42 Å². The molecule has 9 aromatic rings. The van der Waals surface area contributed by atoms with Gasteiger partial charge in [0.25, 0.3) is 0 Å². The maximum absolute atomic E-state index is 9.39. The van der Waals surface area contributed by atoms with Crippen LogP contribution in [0.25, 0.3) is 88.9 Å². The lowest BCUT2D eigenvalue weighted by Crippen LogP contribution is -1.91. The summed E-state index contributed by atoms with van der Waals surface area (Å²) >= 11 is 0. The molecular formula is C53H34N2.